The summed E-state index contributed by atoms with van der Waals surface area (Å²) < 4.78 is 0. The molecular formula is C16H30N2O2. The van der Waals surface area contributed by atoms with Gasteiger partial charge >= 0.3 is 5.97 Å². The number of nitrogens with one attached hydrogen (secondary N) is 1. The normalized spacial score (nSPS) is 23.9. The highest BCUT2D eigenvalue weighted by atomic mass is 16.4. The maximum absolute atomic E-state index is 11.3. The van der Waals surface area contributed by atoms with Gasteiger partial charge in [0, 0.05) is 18.6 Å². The first-order valence-corrected chi connectivity index (χ1v) is 8.38. The van der Waals surface area contributed by atoms with Crippen LogP contribution in [0.5, 0.6) is 0 Å². The number of likely N-dealkylation sites (N-methyl/N-ethyl adjacent to an activating group) is 1. The van der Waals surface area contributed by atoms with Crippen LogP contribution >= 0.6 is 0 Å². The fourth-order valence-electron chi connectivity index (χ4n) is 3.93. The van der Waals surface area contributed by atoms with E-state index in [1.54, 1.807) is 7.05 Å². The second kappa shape index (κ2) is 7.99. The van der Waals surface area contributed by atoms with E-state index in [4.69, 9.17) is 0 Å². The molecule has 116 valence electrons. The van der Waals surface area contributed by atoms with Crippen LogP contribution in [-0.2, 0) is 4.79 Å². The van der Waals surface area contributed by atoms with E-state index >= 15 is 0 Å². The summed E-state index contributed by atoms with van der Waals surface area (Å²) in [7, 11) is 1.76. The number of hydrogen-bond acceptors (Lipinski definition) is 3. The maximum Gasteiger partial charge on any atom is 0.322 e. The van der Waals surface area contributed by atoms with E-state index in [0.29, 0.717) is 18.6 Å². The molecular weight excluding hydrogens is 252 g/mol. The van der Waals surface area contributed by atoms with Crippen LogP contribution in [0.1, 0.15) is 64.2 Å². The summed E-state index contributed by atoms with van der Waals surface area (Å²) in [6, 6.07) is 0.794. The zero-order chi connectivity index (χ0) is 14.4. The number of carboxylic acids is 1. The molecule has 0 amide bonds. The summed E-state index contributed by atoms with van der Waals surface area (Å²) in [5.74, 6) is -0.718. The molecule has 0 aromatic carbocycles. The van der Waals surface area contributed by atoms with Gasteiger partial charge in [0.2, 0.25) is 0 Å². The second-order valence-corrected chi connectivity index (χ2v) is 6.46. The Morgan fingerprint density at radius 3 is 1.85 bits per heavy atom. The summed E-state index contributed by atoms with van der Waals surface area (Å²) >= 11 is 0. The number of carbonyl (C=O) groups is 1. The van der Waals surface area contributed by atoms with Gasteiger partial charge in [-0.25, -0.2) is 0 Å². The Bertz CT molecular complexity index is 279. The highest BCUT2D eigenvalue weighted by Crippen LogP contribution is 2.30. The summed E-state index contributed by atoms with van der Waals surface area (Å²) in [4.78, 5) is 13.9. The fraction of sp³-hybridized carbons (Fsp3) is 0.938. The van der Waals surface area contributed by atoms with Crippen LogP contribution in [0.4, 0.5) is 0 Å². The minimum atomic E-state index is -0.718. The fourth-order valence-corrected chi connectivity index (χ4v) is 3.93. The summed E-state index contributed by atoms with van der Waals surface area (Å²) in [6.45, 7) is 0.668. The molecule has 2 rings (SSSR count). The molecule has 4 nitrogen and oxygen atoms in total. The molecule has 2 aliphatic rings. The zero-order valence-corrected chi connectivity index (χ0v) is 12.8. The van der Waals surface area contributed by atoms with E-state index in [1.165, 1.54) is 64.2 Å². The molecule has 0 aromatic rings. The van der Waals surface area contributed by atoms with Gasteiger partial charge in [-0.15, -0.1) is 0 Å². The number of aliphatic carboxylic acids is 1. The molecule has 2 N–H and O–H groups in total. The van der Waals surface area contributed by atoms with Gasteiger partial charge in [0.15, 0.2) is 0 Å². The molecule has 0 radical (unpaired) electrons. The van der Waals surface area contributed by atoms with Gasteiger partial charge in [-0.05, 0) is 32.7 Å². The highest BCUT2D eigenvalue weighted by molar-refractivity contribution is 5.73. The van der Waals surface area contributed by atoms with Crippen LogP contribution in [-0.4, -0.2) is 47.7 Å². The summed E-state index contributed by atoms with van der Waals surface area (Å²) in [6.07, 6.45) is 13.0. The standard InChI is InChI=1S/C16H30N2O2/c1-17-15(16(19)20)12-18(13-8-4-2-5-9-13)14-10-6-3-7-11-14/h13-15,17H,2-12H2,1H3,(H,19,20). The second-order valence-electron chi connectivity index (χ2n) is 6.46. The van der Waals surface area contributed by atoms with Crippen molar-refractivity contribution < 1.29 is 9.90 Å². The van der Waals surface area contributed by atoms with Crippen LogP contribution < -0.4 is 5.32 Å². The van der Waals surface area contributed by atoms with Crippen molar-refractivity contribution in [3.8, 4) is 0 Å². The number of rotatable bonds is 6. The SMILES string of the molecule is CNC(CN(C1CCCCC1)C1CCCCC1)C(=O)O. The number of nitrogens with zero attached hydrogens (tertiary/aromatic N) is 1. The van der Waals surface area contributed by atoms with Crippen LogP contribution in [0.15, 0.2) is 0 Å². The molecule has 2 aliphatic carbocycles. The van der Waals surface area contributed by atoms with Crippen LogP contribution in [0.3, 0.4) is 0 Å². The van der Waals surface area contributed by atoms with Gasteiger partial charge in [-0.1, -0.05) is 38.5 Å². The molecule has 1 atom stereocenters. The summed E-state index contributed by atoms with van der Waals surface area (Å²) in [5.41, 5.74) is 0. The first kappa shape index (κ1) is 15.8. The molecule has 0 aromatic heterocycles. The molecule has 0 aliphatic heterocycles. The lowest BCUT2D eigenvalue weighted by Gasteiger charge is -2.42. The first-order chi connectivity index (χ1) is 9.72. The first-order valence-electron chi connectivity index (χ1n) is 8.38. The van der Waals surface area contributed by atoms with Gasteiger partial charge < -0.3 is 10.4 Å². The Morgan fingerprint density at radius 2 is 1.50 bits per heavy atom. The molecule has 20 heavy (non-hydrogen) atoms. The lowest BCUT2D eigenvalue weighted by Crippen LogP contribution is -2.53. The largest absolute Gasteiger partial charge is 0.480 e. The Hall–Kier alpha value is -0.610. The van der Waals surface area contributed by atoms with E-state index in [9.17, 15) is 9.90 Å². The lowest BCUT2D eigenvalue weighted by atomic mass is 9.88. The molecule has 0 spiro atoms. The average Bonchev–Trinajstić information content (AvgIpc) is 2.50. The quantitative estimate of drug-likeness (QED) is 0.786. The van der Waals surface area contributed by atoms with Crippen molar-refractivity contribution >= 4 is 5.97 Å². The Balaban J connectivity index is 2.03. The van der Waals surface area contributed by atoms with E-state index in [0.717, 1.165) is 0 Å². The predicted octanol–water partition coefficient (Wildman–Crippen LogP) is 2.63. The number of carboxylic acid groups (broad SMARTS) is 1. The summed E-state index contributed by atoms with van der Waals surface area (Å²) in [5, 5.41) is 12.3. The van der Waals surface area contributed by atoms with Crippen LogP contribution in [0.2, 0.25) is 0 Å². The van der Waals surface area contributed by atoms with Crippen molar-refractivity contribution in [2.24, 2.45) is 0 Å². The van der Waals surface area contributed by atoms with Crippen molar-refractivity contribution in [2.45, 2.75) is 82.3 Å². The van der Waals surface area contributed by atoms with Crippen molar-refractivity contribution in [2.75, 3.05) is 13.6 Å². The Kier molecular flexibility index (Phi) is 6.30. The predicted molar refractivity (Wildman–Crippen MR) is 80.9 cm³/mol. The third kappa shape index (κ3) is 4.19. The Labute approximate surface area is 122 Å². The minimum Gasteiger partial charge on any atom is -0.480 e. The van der Waals surface area contributed by atoms with Crippen LogP contribution in [0.25, 0.3) is 0 Å². The van der Waals surface area contributed by atoms with Gasteiger partial charge in [0.05, 0.1) is 0 Å². The van der Waals surface area contributed by atoms with E-state index < -0.39 is 12.0 Å². The van der Waals surface area contributed by atoms with Crippen molar-refractivity contribution in [1.82, 2.24) is 10.2 Å². The molecule has 1 unspecified atom stereocenters. The van der Waals surface area contributed by atoms with Gasteiger partial charge in [-0.2, -0.15) is 0 Å². The minimum absolute atomic E-state index is 0.432. The molecule has 0 heterocycles. The van der Waals surface area contributed by atoms with Gasteiger partial charge in [0.1, 0.15) is 6.04 Å². The smallest absolute Gasteiger partial charge is 0.322 e. The highest BCUT2D eigenvalue weighted by Gasteiger charge is 2.31. The maximum atomic E-state index is 11.3. The number of hydrogen-bond donors (Lipinski definition) is 2. The van der Waals surface area contributed by atoms with Gasteiger partial charge in [-0.3, -0.25) is 9.69 Å². The Morgan fingerprint density at radius 1 is 1.05 bits per heavy atom. The van der Waals surface area contributed by atoms with Crippen molar-refractivity contribution in [1.29, 1.82) is 0 Å². The van der Waals surface area contributed by atoms with E-state index in [1.807, 2.05) is 0 Å². The third-order valence-electron chi connectivity index (χ3n) is 5.13. The lowest BCUT2D eigenvalue weighted by molar-refractivity contribution is -0.140. The van der Waals surface area contributed by atoms with Gasteiger partial charge in [0.25, 0.3) is 0 Å². The molecule has 0 bridgehead atoms. The van der Waals surface area contributed by atoms with E-state index in [2.05, 4.69) is 10.2 Å². The van der Waals surface area contributed by atoms with E-state index in [-0.39, 0.29) is 0 Å². The molecule has 0 saturated heterocycles. The zero-order valence-electron chi connectivity index (χ0n) is 12.8. The molecule has 2 saturated carbocycles. The molecule has 2 fully saturated rings. The monoisotopic (exact) mass is 282 g/mol. The third-order valence-corrected chi connectivity index (χ3v) is 5.13. The molecule has 4 heteroatoms. The van der Waals surface area contributed by atoms with Crippen molar-refractivity contribution in [3.05, 3.63) is 0 Å². The topological polar surface area (TPSA) is 52.6 Å². The van der Waals surface area contributed by atoms with Crippen molar-refractivity contribution in [3.63, 3.8) is 0 Å². The average molecular weight is 282 g/mol. The van der Waals surface area contributed by atoms with Crippen LogP contribution in [0, 0.1) is 0 Å².